The monoisotopic (exact) mass is 344 g/mol. The number of benzene rings is 2. The molecule has 0 spiro atoms. The van der Waals surface area contributed by atoms with Crippen LogP contribution in [0.15, 0.2) is 58.8 Å². The third-order valence-electron chi connectivity index (χ3n) is 2.67. The minimum atomic E-state index is -4.11. The third-order valence-corrected chi connectivity index (χ3v) is 3.18. The van der Waals surface area contributed by atoms with E-state index in [2.05, 4.69) is 15.5 Å². The van der Waals surface area contributed by atoms with E-state index in [0.717, 1.165) is 5.69 Å². The van der Waals surface area contributed by atoms with Crippen molar-refractivity contribution >= 4 is 27.2 Å². The van der Waals surface area contributed by atoms with Crippen molar-refractivity contribution < 1.29 is 47.3 Å². The average Bonchev–Trinajstić information content (AvgIpc) is 2.51. The molecule has 23 heavy (non-hydrogen) atoms. The van der Waals surface area contributed by atoms with Crippen LogP contribution < -0.4 is 39.6 Å². The molecule has 2 rings (SSSR count). The van der Waals surface area contributed by atoms with Gasteiger partial charge in [-0.05, 0) is 24.3 Å². The third kappa shape index (κ3) is 6.67. The molecule has 0 atom stereocenters. The average molecular weight is 344 g/mol. The smallest absolute Gasteiger partial charge is 0.495 e. The fourth-order valence-corrected chi connectivity index (χ4v) is 2.01. The van der Waals surface area contributed by atoms with Crippen LogP contribution in [-0.2, 0) is 10.1 Å². The summed E-state index contributed by atoms with van der Waals surface area (Å²) in [5.41, 5.74) is 1.70. The summed E-state index contributed by atoms with van der Waals surface area (Å²) >= 11 is 0. The van der Waals surface area contributed by atoms with Crippen molar-refractivity contribution in [1.82, 2.24) is 0 Å². The molecule has 7 nitrogen and oxygen atoms in total. The quantitative estimate of drug-likeness (QED) is 0.448. The second kappa shape index (κ2) is 8.99. The molecule has 0 bridgehead atoms. The van der Waals surface area contributed by atoms with Crippen LogP contribution in [0.25, 0.3) is 0 Å². The van der Waals surface area contributed by atoms with Gasteiger partial charge in [0.05, 0.1) is 24.2 Å². The molecule has 2 N–H and O–H groups in total. The Balaban J connectivity index is 0.00000264. The van der Waals surface area contributed by atoms with E-state index in [0.29, 0.717) is 17.1 Å². The van der Waals surface area contributed by atoms with Gasteiger partial charge >= 0.3 is 29.6 Å². The summed E-state index contributed by atoms with van der Waals surface area (Å²) in [5, 5.41) is 10.7. The minimum absolute atomic E-state index is 0. The molecule has 0 aliphatic rings. The van der Waals surface area contributed by atoms with E-state index in [1.807, 2.05) is 30.3 Å². The number of azo groups is 1. The summed E-state index contributed by atoms with van der Waals surface area (Å²) in [6.45, 7) is 0. The Labute approximate surface area is 156 Å². The predicted molar refractivity (Wildman–Crippen MR) is 83.7 cm³/mol. The SMILES string of the molecule is COc1cc(N=Nc2ccccc2)ccc1NCS(=O)(=O)O.[Na+]. The Morgan fingerprint density at radius 3 is 2.35 bits per heavy atom. The van der Waals surface area contributed by atoms with Crippen LogP contribution in [0, 0.1) is 0 Å². The van der Waals surface area contributed by atoms with Gasteiger partial charge in [0.1, 0.15) is 11.6 Å². The Hall–Kier alpha value is -1.45. The molecule has 9 heteroatoms. The molecule has 0 radical (unpaired) electrons. The first kappa shape index (κ1) is 19.6. The van der Waals surface area contributed by atoms with Crippen LogP contribution >= 0.6 is 0 Å². The summed E-state index contributed by atoms with van der Waals surface area (Å²) in [4.78, 5) is 0. The van der Waals surface area contributed by atoms with Gasteiger partial charge in [-0.2, -0.15) is 18.6 Å². The number of rotatable bonds is 6. The molecule has 0 unspecified atom stereocenters. The van der Waals surface area contributed by atoms with E-state index >= 15 is 0 Å². The van der Waals surface area contributed by atoms with E-state index in [1.54, 1.807) is 18.2 Å². The number of nitrogens with one attached hydrogen (secondary N) is 1. The van der Waals surface area contributed by atoms with E-state index in [1.165, 1.54) is 7.11 Å². The molecular weight excluding hydrogens is 329 g/mol. The summed E-state index contributed by atoms with van der Waals surface area (Å²) in [6.07, 6.45) is 0. The molecule has 0 aliphatic heterocycles. The van der Waals surface area contributed by atoms with E-state index in [9.17, 15) is 8.42 Å². The minimum Gasteiger partial charge on any atom is -0.495 e. The van der Waals surface area contributed by atoms with Gasteiger partial charge in [0.25, 0.3) is 10.1 Å². The van der Waals surface area contributed by atoms with Gasteiger partial charge in [-0.1, -0.05) is 18.2 Å². The molecule has 0 amide bonds. The van der Waals surface area contributed by atoms with Crippen molar-refractivity contribution in [3.8, 4) is 5.75 Å². The molecule has 0 fully saturated rings. The van der Waals surface area contributed by atoms with Crippen molar-refractivity contribution in [2.75, 3.05) is 18.3 Å². The number of hydrogen-bond acceptors (Lipinski definition) is 6. The number of anilines is 1. The first-order valence-corrected chi connectivity index (χ1v) is 7.93. The van der Waals surface area contributed by atoms with Gasteiger partial charge < -0.3 is 10.1 Å². The maximum atomic E-state index is 10.7. The standard InChI is InChI=1S/C14H15N3O4S.Na/c1-21-14-9-12(17-16-11-5-3-2-4-6-11)7-8-13(14)15-10-22(18,19)20;/h2-9,15H,10H2,1H3,(H,18,19,20);/q;+1. The molecule has 0 saturated carbocycles. The van der Waals surface area contributed by atoms with Gasteiger partial charge in [0, 0.05) is 6.07 Å². The normalized spacial score (nSPS) is 11.0. The largest absolute Gasteiger partial charge is 1.00 e. The maximum absolute atomic E-state index is 10.7. The zero-order valence-corrected chi connectivity index (χ0v) is 15.6. The Bertz CT molecular complexity index is 767. The predicted octanol–water partition coefficient (Wildman–Crippen LogP) is 0.372. The fourth-order valence-electron chi connectivity index (χ4n) is 1.67. The molecule has 116 valence electrons. The Morgan fingerprint density at radius 2 is 1.74 bits per heavy atom. The van der Waals surface area contributed by atoms with Gasteiger partial charge in [0.15, 0.2) is 0 Å². The molecule has 0 aliphatic carbocycles. The summed E-state index contributed by atoms with van der Waals surface area (Å²) in [5.74, 6) is -0.206. The van der Waals surface area contributed by atoms with Crippen LogP contribution in [0.4, 0.5) is 17.1 Å². The number of hydrogen-bond donors (Lipinski definition) is 2. The summed E-state index contributed by atoms with van der Waals surface area (Å²) in [7, 11) is -2.66. The zero-order valence-electron chi connectivity index (χ0n) is 12.8. The van der Waals surface area contributed by atoms with Gasteiger partial charge in [0.2, 0.25) is 0 Å². The number of ether oxygens (including phenoxy) is 1. The van der Waals surface area contributed by atoms with Crippen LogP contribution in [-0.4, -0.2) is 26.0 Å². The van der Waals surface area contributed by atoms with Crippen LogP contribution in [0.1, 0.15) is 0 Å². The molecule has 0 heterocycles. The van der Waals surface area contributed by atoms with Crippen LogP contribution in [0.3, 0.4) is 0 Å². The molecule has 0 aromatic heterocycles. The number of nitrogens with zero attached hydrogens (tertiary/aromatic N) is 2. The van der Waals surface area contributed by atoms with Gasteiger partial charge in [-0.3, -0.25) is 4.55 Å². The van der Waals surface area contributed by atoms with E-state index in [4.69, 9.17) is 9.29 Å². The summed E-state index contributed by atoms with van der Waals surface area (Å²) < 4.78 is 35.4. The number of methoxy groups -OCH3 is 1. The topological polar surface area (TPSA) is 100 Å². The first-order valence-electron chi connectivity index (χ1n) is 6.32. The summed E-state index contributed by atoms with van der Waals surface area (Å²) in [6, 6.07) is 14.1. The second-order valence-corrected chi connectivity index (χ2v) is 5.78. The van der Waals surface area contributed by atoms with Crippen molar-refractivity contribution in [3.63, 3.8) is 0 Å². The first-order chi connectivity index (χ1) is 10.5. The van der Waals surface area contributed by atoms with Gasteiger partial charge in [-0.25, -0.2) is 0 Å². The molecular formula is C14H15N3NaO4S+. The fraction of sp³-hybridized carbons (Fsp3) is 0.143. The van der Waals surface area contributed by atoms with Crippen molar-refractivity contribution in [1.29, 1.82) is 0 Å². The molecule has 2 aromatic rings. The zero-order chi connectivity index (χ0) is 16.0. The second-order valence-electron chi connectivity index (χ2n) is 4.32. The van der Waals surface area contributed by atoms with Gasteiger partial charge in [-0.15, -0.1) is 0 Å². The van der Waals surface area contributed by atoms with Crippen molar-refractivity contribution in [3.05, 3.63) is 48.5 Å². The van der Waals surface area contributed by atoms with E-state index < -0.39 is 16.0 Å². The van der Waals surface area contributed by atoms with E-state index in [-0.39, 0.29) is 29.6 Å². The maximum Gasteiger partial charge on any atom is 1.00 e. The Morgan fingerprint density at radius 1 is 1.09 bits per heavy atom. The Kier molecular flexibility index (Phi) is 7.66. The molecule has 2 aromatic carbocycles. The molecule has 0 saturated heterocycles. The van der Waals surface area contributed by atoms with Crippen LogP contribution in [0.5, 0.6) is 5.75 Å². The van der Waals surface area contributed by atoms with Crippen molar-refractivity contribution in [2.45, 2.75) is 0 Å². The van der Waals surface area contributed by atoms with Crippen molar-refractivity contribution in [2.24, 2.45) is 10.2 Å². The van der Waals surface area contributed by atoms with Crippen LogP contribution in [0.2, 0.25) is 0 Å².